The Hall–Kier alpha value is -1.35. The molecule has 0 unspecified atom stereocenters. The van der Waals surface area contributed by atoms with Crippen LogP contribution in [0.25, 0.3) is 0 Å². The van der Waals surface area contributed by atoms with E-state index >= 15 is 0 Å². The van der Waals surface area contributed by atoms with E-state index < -0.39 is 16.7 Å². The zero-order valence-electron chi connectivity index (χ0n) is 13.0. The molecular formula is C14H14BCl2FN2O3S. The number of hydrogen-bond acceptors (Lipinski definition) is 4. The van der Waals surface area contributed by atoms with Gasteiger partial charge in [-0.25, -0.2) is 17.1 Å². The summed E-state index contributed by atoms with van der Waals surface area (Å²) in [5.41, 5.74) is 0.830. The molecule has 2 rings (SSSR count). The fourth-order valence-corrected chi connectivity index (χ4v) is 3.87. The number of alkyl halides is 1. The van der Waals surface area contributed by atoms with Crippen molar-refractivity contribution in [3.8, 4) is 0 Å². The normalized spacial score (nSPS) is 11.5. The van der Waals surface area contributed by atoms with Gasteiger partial charge in [0.05, 0.1) is 15.6 Å². The summed E-state index contributed by atoms with van der Waals surface area (Å²) in [4.78, 5) is 3.96. The lowest BCUT2D eigenvalue weighted by atomic mass is 10.0. The number of hydrogen-bond donors (Lipinski definition) is 0. The predicted molar refractivity (Wildman–Crippen MR) is 95.2 cm³/mol. The summed E-state index contributed by atoms with van der Waals surface area (Å²) in [6.45, 7) is -1.12. The Balaban J connectivity index is 2.59. The summed E-state index contributed by atoms with van der Waals surface area (Å²) in [5.74, 6) is 0. The van der Waals surface area contributed by atoms with E-state index in [9.17, 15) is 12.8 Å². The lowest BCUT2D eigenvalue weighted by Gasteiger charge is -2.25. The van der Waals surface area contributed by atoms with Crippen LogP contribution in [0.1, 0.15) is 5.56 Å². The van der Waals surface area contributed by atoms with Crippen LogP contribution < -0.4 is 9.90 Å². The highest BCUT2D eigenvalue weighted by atomic mass is 35.5. The second kappa shape index (κ2) is 7.69. The minimum Gasteiger partial charge on any atom is -0.363 e. The summed E-state index contributed by atoms with van der Waals surface area (Å²) in [6, 6.07) is 5.34. The molecule has 0 amide bonds. The Bertz CT molecular complexity index is 852. The largest absolute Gasteiger partial charge is 0.363 e. The topological polar surface area (TPSA) is 59.5 Å². The van der Waals surface area contributed by atoms with Crippen molar-refractivity contribution in [1.82, 2.24) is 4.98 Å². The molecule has 5 nitrogen and oxygen atoms in total. The zero-order chi connectivity index (χ0) is 17.9. The summed E-state index contributed by atoms with van der Waals surface area (Å²) >= 11 is 11.8. The highest BCUT2D eigenvalue weighted by Gasteiger charge is 2.27. The van der Waals surface area contributed by atoms with Crippen molar-refractivity contribution in [3.05, 3.63) is 46.1 Å². The highest BCUT2D eigenvalue weighted by molar-refractivity contribution is 7.92. The maximum Gasteiger partial charge on any atom is 0.266 e. The van der Waals surface area contributed by atoms with Crippen LogP contribution in [0.15, 0.2) is 35.4 Å². The van der Waals surface area contributed by atoms with Crippen LogP contribution >= 0.6 is 23.2 Å². The molecule has 0 N–H and O–H groups in total. The van der Waals surface area contributed by atoms with Crippen molar-refractivity contribution in [2.45, 2.75) is 11.6 Å². The molecule has 10 heteroatoms. The zero-order valence-corrected chi connectivity index (χ0v) is 15.3. The fraction of sp³-hybridized carbons (Fsp3) is 0.214. The van der Waals surface area contributed by atoms with Gasteiger partial charge in [0.15, 0.2) is 7.85 Å². The average molecular weight is 391 g/mol. The Labute approximate surface area is 150 Å². The molecule has 1 heterocycles. The van der Waals surface area contributed by atoms with Gasteiger partial charge in [0.1, 0.15) is 13.4 Å². The molecule has 0 atom stereocenters. The molecule has 1 aromatic carbocycles. The third-order valence-corrected chi connectivity index (χ3v) is 5.60. The molecule has 2 aromatic rings. The first-order chi connectivity index (χ1) is 11.3. The van der Waals surface area contributed by atoms with Crippen LogP contribution in [0.5, 0.6) is 0 Å². The number of rotatable bonds is 6. The molecule has 24 heavy (non-hydrogen) atoms. The van der Waals surface area contributed by atoms with Gasteiger partial charge in [0.2, 0.25) is 0 Å². The first kappa shape index (κ1) is 19.0. The van der Waals surface area contributed by atoms with Gasteiger partial charge in [0.25, 0.3) is 10.0 Å². The monoisotopic (exact) mass is 390 g/mol. The van der Waals surface area contributed by atoms with Crippen molar-refractivity contribution in [2.24, 2.45) is 0 Å². The molecule has 0 saturated heterocycles. The average Bonchev–Trinajstić information content (AvgIpc) is 2.55. The standard InChI is InChI=1S/C14H14BCl2FN2O3S/c1-23-8-20(13-5-10(16)7-19-14(13)15)24(21,22)11-2-3-12(17)9(4-11)6-18/h2-5,7H,6,8,15H2,1H3. The smallest absolute Gasteiger partial charge is 0.266 e. The number of methoxy groups -OCH3 is 1. The third kappa shape index (κ3) is 3.83. The molecule has 0 spiro atoms. The lowest BCUT2D eigenvalue weighted by molar-refractivity contribution is 0.210. The molecule has 0 aliphatic carbocycles. The van der Waals surface area contributed by atoms with Gasteiger partial charge in [0, 0.05) is 29.5 Å². The second-order valence-corrected chi connectivity index (χ2v) is 7.62. The van der Waals surface area contributed by atoms with E-state index in [4.69, 9.17) is 27.9 Å². The Morgan fingerprint density at radius 1 is 1.33 bits per heavy atom. The van der Waals surface area contributed by atoms with E-state index in [1.54, 1.807) is 7.85 Å². The molecule has 128 valence electrons. The van der Waals surface area contributed by atoms with Gasteiger partial charge in [-0.15, -0.1) is 0 Å². The SMILES string of the molecule is Bc1ncc(Cl)cc1N(COC)S(=O)(=O)c1ccc(Cl)c(CF)c1. The van der Waals surface area contributed by atoms with Gasteiger partial charge in [-0.1, -0.05) is 23.2 Å². The van der Waals surface area contributed by atoms with E-state index in [-0.39, 0.29) is 32.9 Å². The molecule has 0 aliphatic heterocycles. The van der Waals surface area contributed by atoms with Gasteiger partial charge in [-0.3, -0.25) is 4.98 Å². The summed E-state index contributed by atoms with van der Waals surface area (Å²) < 4.78 is 45.0. The minimum atomic E-state index is -4.02. The van der Waals surface area contributed by atoms with Crippen LogP contribution in [0, 0.1) is 0 Å². The number of ether oxygens (including phenoxy) is 1. The number of pyridine rings is 1. The molecule has 0 aliphatic rings. The Morgan fingerprint density at radius 2 is 2.04 bits per heavy atom. The summed E-state index contributed by atoms with van der Waals surface area (Å²) in [5, 5.41) is 0.447. The van der Waals surface area contributed by atoms with E-state index in [2.05, 4.69) is 4.98 Å². The number of nitrogens with zero attached hydrogens (tertiary/aromatic N) is 2. The van der Waals surface area contributed by atoms with E-state index in [0.29, 0.717) is 5.59 Å². The minimum absolute atomic E-state index is 0.0936. The number of aromatic nitrogens is 1. The predicted octanol–water partition coefficient (Wildman–Crippen LogP) is 1.92. The van der Waals surface area contributed by atoms with Crippen molar-refractivity contribution >= 4 is 52.4 Å². The van der Waals surface area contributed by atoms with Crippen LogP contribution in [-0.4, -0.2) is 35.1 Å². The van der Waals surface area contributed by atoms with Crippen LogP contribution in [-0.2, 0) is 21.4 Å². The summed E-state index contributed by atoms with van der Waals surface area (Å²) in [7, 11) is -1.00. The van der Waals surface area contributed by atoms with Crippen molar-refractivity contribution in [1.29, 1.82) is 0 Å². The molecule has 1 aromatic heterocycles. The number of anilines is 1. The number of benzene rings is 1. The maximum atomic E-state index is 13.0. The second-order valence-electron chi connectivity index (χ2n) is 4.92. The first-order valence-electron chi connectivity index (χ1n) is 6.79. The Kier molecular flexibility index (Phi) is 6.09. The summed E-state index contributed by atoms with van der Waals surface area (Å²) in [6.07, 6.45) is 1.42. The molecule has 0 bridgehead atoms. The Morgan fingerprint density at radius 3 is 2.67 bits per heavy atom. The van der Waals surface area contributed by atoms with E-state index in [0.717, 1.165) is 4.31 Å². The highest BCUT2D eigenvalue weighted by Crippen LogP contribution is 2.27. The van der Waals surface area contributed by atoms with Gasteiger partial charge in [-0.2, -0.15) is 0 Å². The molecular weight excluding hydrogens is 377 g/mol. The van der Waals surface area contributed by atoms with E-state index in [1.807, 2.05) is 0 Å². The molecule has 0 fully saturated rings. The molecule has 0 saturated carbocycles. The van der Waals surface area contributed by atoms with Crippen molar-refractivity contribution in [2.75, 3.05) is 18.1 Å². The fourth-order valence-electron chi connectivity index (χ4n) is 2.08. The number of halogens is 3. The lowest BCUT2D eigenvalue weighted by Crippen LogP contribution is -2.36. The first-order valence-corrected chi connectivity index (χ1v) is 8.99. The van der Waals surface area contributed by atoms with Gasteiger partial charge >= 0.3 is 0 Å². The third-order valence-electron chi connectivity index (χ3n) is 3.29. The van der Waals surface area contributed by atoms with Crippen LogP contribution in [0.4, 0.5) is 10.1 Å². The van der Waals surface area contributed by atoms with Crippen molar-refractivity contribution in [3.63, 3.8) is 0 Å². The number of sulfonamides is 1. The quantitative estimate of drug-likeness (QED) is 0.558. The van der Waals surface area contributed by atoms with E-state index in [1.165, 1.54) is 37.6 Å². The van der Waals surface area contributed by atoms with Gasteiger partial charge < -0.3 is 4.74 Å². The molecule has 0 radical (unpaired) electrons. The van der Waals surface area contributed by atoms with Crippen LogP contribution in [0.3, 0.4) is 0 Å². The maximum absolute atomic E-state index is 13.0. The van der Waals surface area contributed by atoms with Crippen molar-refractivity contribution < 1.29 is 17.5 Å². The van der Waals surface area contributed by atoms with Gasteiger partial charge in [-0.05, 0) is 24.3 Å². The van der Waals surface area contributed by atoms with Crippen LogP contribution in [0.2, 0.25) is 10.0 Å².